The van der Waals surface area contributed by atoms with Crippen LogP contribution in [0.4, 0.5) is 0 Å². The first-order chi connectivity index (χ1) is 5.52. The molecule has 4 heteroatoms. The summed E-state index contributed by atoms with van der Waals surface area (Å²) in [5.41, 5.74) is 4.38. The van der Waals surface area contributed by atoms with Crippen molar-refractivity contribution in [3.63, 3.8) is 0 Å². The molecule has 3 N–H and O–H groups in total. The Morgan fingerprint density at radius 2 is 2.17 bits per heavy atom. The highest BCUT2D eigenvalue weighted by atomic mass is 16.5. The number of ether oxygens (including phenoxy) is 2. The van der Waals surface area contributed by atoms with Gasteiger partial charge < -0.3 is 20.3 Å². The second-order valence-electron chi connectivity index (χ2n) is 3.28. The third-order valence-electron chi connectivity index (χ3n) is 1.52. The molecule has 74 valence electrons. The zero-order chi connectivity index (χ0) is 9.61. The first-order valence-corrected chi connectivity index (χ1v) is 4.05. The summed E-state index contributed by atoms with van der Waals surface area (Å²) in [6.45, 7) is 4.50. The predicted molar refractivity (Wildman–Crippen MR) is 47.0 cm³/mol. The van der Waals surface area contributed by atoms with Gasteiger partial charge in [-0.2, -0.15) is 0 Å². The second kappa shape index (κ2) is 5.48. The molecular weight excluding hydrogens is 158 g/mol. The molecule has 0 radical (unpaired) electrons. The first kappa shape index (κ1) is 11.8. The quantitative estimate of drug-likeness (QED) is 0.587. The smallest absolute Gasteiger partial charge is 0.0973 e. The van der Waals surface area contributed by atoms with Crippen molar-refractivity contribution in [2.75, 3.05) is 26.9 Å². The fourth-order valence-corrected chi connectivity index (χ4v) is 0.664. The minimum atomic E-state index is -0.929. The molecule has 0 aromatic carbocycles. The maximum Gasteiger partial charge on any atom is 0.0973 e. The van der Waals surface area contributed by atoms with Crippen molar-refractivity contribution < 1.29 is 14.6 Å². The molecule has 0 saturated carbocycles. The van der Waals surface area contributed by atoms with E-state index in [9.17, 15) is 5.11 Å². The van der Waals surface area contributed by atoms with Crippen molar-refractivity contribution in [1.29, 1.82) is 0 Å². The Morgan fingerprint density at radius 3 is 2.58 bits per heavy atom. The fourth-order valence-electron chi connectivity index (χ4n) is 0.664. The minimum absolute atomic E-state index is 0.00646. The second-order valence-corrected chi connectivity index (χ2v) is 3.28. The average molecular weight is 177 g/mol. The van der Waals surface area contributed by atoms with Crippen molar-refractivity contribution >= 4 is 0 Å². The lowest BCUT2D eigenvalue weighted by molar-refractivity contribution is -0.0699. The zero-order valence-corrected chi connectivity index (χ0v) is 8.04. The van der Waals surface area contributed by atoms with Gasteiger partial charge in [0.2, 0.25) is 0 Å². The highest BCUT2D eigenvalue weighted by Crippen LogP contribution is 2.03. The minimum Gasteiger partial charge on any atom is -0.386 e. The zero-order valence-electron chi connectivity index (χ0n) is 8.04. The molecule has 0 bridgehead atoms. The van der Waals surface area contributed by atoms with Gasteiger partial charge in [-0.15, -0.1) is 0 Å². The van der Waals surface area contributed by atoms with Crippen molar-refractivity contribution in [2.45, 2.75) is 25.6 Å². The van der Waals surface area contributed by atoms with Crippen LogP contribution in [0.3, 0.4) is 0 Å². The van der Waals surface area contributed by atoms with Gasteiger partial charge in [0.05, 0.1) is 24.9 Å². The highest BCUT2D eigenvalue weighted by Gasteiger charge is 2.19. The monoisotopic (exact) mass is 177 g/mol. The van der Waals surface area contributed by atoms with Crippen LogP contribution in [0.5, 0.6) is 0 Å². The number of methoxy groups -OCH3 is 1. The number of hydrogen-bond acceptors (Lipinski definition) is 4. The van der Waals surface area contributed by atoms with Gasteiger partial charge in [-0.1, -0.05) is 0 Å². The van der Waals surface area contributed by atoms with E-state index in [1.165, 1.54) is 0 Å². The molecule has 2 atom stereocenters. The lowest BCUT2D eigenvalue weighted by Gasteiger charge is -2.23. The van der Waals surface area contributed by atoms with Crippen LogP contribution in [0.15, 0.2) is 0 Å². The molecule has 0 heterocycles. The molecule has 4 nitrogen and oxygen atoms in total. The molecule has 0 amide bonds. The predicted octanol–water partition coefficient (Wildman–Crippen LogP) is -0.252. The SMILES string of the molecule is COCC(C)OCC(C)(O)CN. The van der Waals surface area contributed by atoms with Gasteiger partial charge in [0.15, 0.2) is 0 Å². The van der Waals surface area contributed by atoms with Gasteiger partial charge in [0.1, 0.15) is 0 Å². The van der Waals surface area contributed by atoms with Crippen LogP contribution < -0.4 is 5.73 Å². The summed E-state index contributed by atoms with van der Waals surface area (Å²) in [6, 6.07) is 0. The standard InChI is InChI=1S/C8H19NO3/c1-7(4-11-3)12-6-8(2,10)5-9/h7,10H,4-6,9H2,1-3H3. The van der Waals surface area contributed by atoms with Gasteiger partial charge in [-0.25, -0.2) is 0 Å². The van der Waals surface area contributed by atoms with E-state index < -0.39 is 5.60 Å². The number of hydrogen-bond donors (Lipinski definition) is 2. The van der Waals surface area contributed by atoms with Gasteiger partial charge >= 0.3 is 0 Å². The van der Waals surface area contributed by atoms with E-state index in [0.717, 1.165) is 0 Å². The van der Waals surface area contributed by atoms with Crippen LogP contribution in [0, 0.1) is 0 Å². The van der Waals surface area contributed by atoms with Crippen LogP contribution >= 0.6 is 0 Å². The van der Waals surface area contributed by atoms with Crippen LogP contribution in [0.25, 0.3) is 0 Å². The third-order valence-corrected chi connectivity index (χ3v) is 1.52. The summed E-state index contributed by atoms with van der Waals surface area (Å²) < 4.78 is 10.1. The Morgan fingerprint density at radius 1 is 1.58 bits per heavy atom. The Kier molecular flexibility index (Phi) is 5.41. The highest BCUT2D eigenvalue weighted by molar-refractivity contribution is 4.72. The Bertz CT molecular complexity index is 117. The van der Waals surface area contributed by atoms with Crippen LogP contribution in [0.1, 0.15) is 13.8 Å². The van der Waals surface area contributed by atoms with Gasteiger partial charge in [0, 0.05) is 13.7 Å². The Hall–Kier alpha value is -0.160. The van der Waals surface area contributed by atoms with Gasteiger partial charge in [-0.3, -0.25) is 0 Å². The lowest BCUT2D eigenvalue weighted by atomic mass is 10.1. The van der Waals surface area contributed by atoms with Gasteiger partial charge in [-0.05, 0) is 13.8 Å². The van der Waals surface area contributed by atoms with E-state index >= 15 is 0 Å². The molecule has 0 saturated heterocycles. The van der Waals surface area contributed by atoms with E-state index in [0.29, 0.717) is 6.61 Å². The largest absolute Gasteiger partial charge is 0.386 e. The summed E-state index contributed by atoms with van der Waals surface area (Å²) in [7, 11) is 1.61. The molecular formula is C8H19NO3. The van der Waals surface area contributed by atoms with E-state index in [-0.39, 0.29) is 19.3 Å². The van der Waals surface area contributed by atoms with Crippen molar-refractivity contribution in [2.24, 2.45) is 5.73 Å². The Balaban J connectivity index is 3.52. The first-order valence-electron chi connectivity index (χ1n) is 4.05. The summed E-state index contributed by atoms with van der Waals surface area (Å²) in [6.07, 6.45) is -0.00646. The van der Waals surface area contributed by atoms with E-state index in [4.69, 9.17) is 15.2 Å². The van der Waals surface area contributed by atoms with E-state index in [1.807, 2.05) is 6.92 Å². The van der Waals surface area contributed by atoms with E-state index in [2.05, 4.69) is 0 Å². The number of aliphatic hydroxyl groups is 1. The molecule has 2 unspecified atom stereocenters. The van der Waals surface area contributed by atoms with Gasteiger partial charge in [0.25, 0.3) is 0 Å². The van der Waals surface area contributed by atoms with Crippen LogP contribution in [-0.4, -0.2) is 43.7 Å². The molecule has 0 aromatic rings. The molecule has 0 aromatic heterocycles. The summed E-state index contributed by atoms with van der Waals surface area (Å²) >= 11 is 0. The van der Waals surface area contributed by atoms with Crippen molar-refractivity contribution in [1.82, 2.24) is 0 Å². The topological polar surface area (TPSA) is 64.7 Å². The molecule has 12 heavy (non-hydrogen) atoms. The molecule has 0 aliphatic rings. The summed E-state index contributed by atoms with van der Waals surface area (Å²) in [5.74, 6) is 0. The summed E-state index contributed by atoms with van der Waals surface area (Å²) in [5, 5.41) is 9.45. The maximum atomic E-state index is 9.45. The molecule has 0 rings (SSSR count). The molecule has 0 aliphatic carbocycles. The number of nitrogens with two attached hydrogens (primary N) is 1. The van der Waals surface area contributed by atoms with Crippen LogP contribution in [0.2, 0.25) is 0 Å². The molecule has 0 aliphatic heterocycles. The Labute approximate surface area is 73.7 Å². The average Bonchev–Trinajstić information content (AvgIpc) is 2.02. The fraction of sp³-hybridized carbons (Fsp3) is 1.00. The molecule has 0 fully saturated rings. The lowest BCUT2D eigenvalue weighted by Crippen LogP contribution is -2.40. The van der Waals surface area contributed by atoms with Crippen molar-refractivity contribution in [3.8, 4) is 0 Å². The maximum absolute atomic E-state index is 9.45. The third kappa shape index (κ3) is 5.49. The van der Waals surface area contributed by atoms with Crippen LogP contribution in [-0.2, 0) is 9.47 Å². The molecule has 0 spiro atoms. The number of rotatable bonds is 6. The normalized spacial score (nSPS) is 18.8. The van der Waals surface area contributed by atoms with E-state index in [1.54, 1.807) is 14.0 Å². The summed E-state index contributed by atoms with van der Waals surface area (Å²) in [4.78, 5) is 0. The van der Waals surface area contributed by atoms with Crippen molar-refractivity contribution in [3.05, 3.63) is 0 Å².